The Morgan fingerprint density at radius 2 is 2.31 bits per heavy atom. The number of Topliss-reactive ketones (excluding diaryl/α,β-unsaturated/α-hetero) is 1. The molecule has 0 radical (unpaired) electrons. The van der Waals surface area contributed by atoms with Gasteiger partial charge in [0, 0.05) is 5.41 Å². The van der Waals surface area contributed by atoms with Crippen LogP contribution >= 0.6 is 0 Å². The molecule has 0 amide bonds. The van der Waals surface area contributed by atoms with Crippen LogP contribution in [0.1, 0.15) is 38.8 Å². The average Bonchev–Trinajstić information content (AvgIpc) is 2.47. The molecule has 2 heterocycles. The summed E-state index contributed by atoms with van der Waals surface area (Å²) in [6.07, 6.45) is 2.89. The van der Waals surface area contributed by atoms with E-state index in [4.69, 9.17) is 4.42 Å². The lowest BCUT2D eigenvalue weighted by atomic mass is 9.93. The van der Waals surface area contributed by atoms with Crippen LogP contribution in [-0.4, -0.2) is 23.4 Å². The summed E-state index contributed by atoms with van der Waals surface area (Å²) < 4.78 is 5.32. The van der Waals surface area contributed by atoms with E-state index in [-0.39, 0.29) is 17.2 Å². The second kappa shape index (κ2) is 4.01. The fourth-order valence-corrected chi connectivity index (χ4v) is 1.57. The number of aromatic nitrogens is 1. The van der Waals surface area contributed by atoms with Crippen molar-refractivity contribution in [2.24, 2.45) is 0 Å². The molecule has 1 atom stereocenters. The largest absolute Gasteiger partial charge is 0.448 e. The van der Waals surface area contributed by atoms with Gasteiger partial charge in [-0.05, 0) is 13.0 Å². The highest BCUT2D eigenvalue weighted by Gasteiger charge is 2.26. The first-order chi connectivity index (χ1) is 7.47. The zero-order valence-electron chi connectivity index (χ0n) is 10.0. The minimum Gasteiger partial charge on any atom is -0.448 e. The number of carbonyl (C=O) groups excluding carboxylic acids is 1. The number of carbonyl (C=O) groups is 1. The van der Waals surface area contributed by atoms with E-state index < -0.39 is 0 Å². The maximum absolute atomic E-state index is 11.7. The summed E-state index contributed by atoms with van der Waals surface area (Å²) >= 11 is 0. The zero-order chi connectivity index (χ0) is 11.8. The molecule has 0 bridgehead atoms. The average molecular weight is 222 g/mol. The second-order valence-electron chi connectivity index (χ2n) is 5.31. The molecule has 1 aromatic heterocycles. The minimum absolute atomic E-state index is 0.0185. The van der Waals surface area contributed by atoms with Crippen molar-refractivity contribution in [3.63, 3.8) is 0 Å². The van der Waals surface area contributed by atoms with Crippen LogP contribution in [0.5, 0.6) is 0 Å². The Labute approximate surface area is 95.4 Å². The van der Waals surface area contributed by atoms with Crippen LogP contribution < -0.4 is 5.32 Å². The number of hydrogen-bond acceptors (Lipinski definition) is 4. The van der Waals surface area contributed by atoms with Crippen LogP contribution in [0.4, 0.5) is 0 Å². The Balaban J connectivity index is 1.99. The van der Waals surface area contributed by atoms with E-state index in [2.05, 4.69) is 31.1 Å². The Morgan fingerprint density at radius 1 is 1.62 bits per heavy atom. The van der Waals surface area contributed by atoms with Crippen molar-refractivity contribution in [3.05, 3.63) is 17.8 Å². The third-order valence-electron chi connectivity index (χ3n) is 2.86. The lowest BCUT2D eigenvalue weighted by molar-refractivity contribution is -0.122. The molecule has 1 fully saturated rings. The number of ketones is 1. The van der Waals surface area contributed by atoms with E-state index in [0.717, 1.165) is 18.7 Å². The molecular weight excluding hydrogens is 204 g/mol. The number of oxazole rings is 1. The molecule has 16 heavy (non-hydrogen) atoms. The number of nitrogens with zero attached hydrogens (tertiary/aromatic N) is 1. The van der Waals surface area contributed by atoms with Crippen LogP contribution in [0.25, 0.3) is 0 Å². The monoisotopic (exact) mass is 222 g/mol. The summed E-state index contributed by atoms with van der Waals surface area (Å²) in [4.78, 5) is 16.0. The van der Waals surface area contributed by atoms with Gasteiger partial charge in [0.2, 0.25) is 5.89 Å². The molecule has 4 nitrogen and oxygen atoms in total. The predicted molar refractivity (Wildman–Crippen MR) is 60.3 cm³/mol. The van der Waals surface area contributed by atoms with E-state index >= 15 is 0 Å². The predicted octanol–water partition coefficient (Wildman–Crippen LogP) is 1.45. The summed E-state index contributed by atoms with van der Waals surface area (Å²) in [5.41, 5.74) is 0.872. The molecular formula is C12H18N2O2. The normalized spacial score (nSPS) is 20.6. The van der Waals surface area contributed by atoms with Gasteiger partial charge in [-0.1, -0.05) is 20.8 Å². The SMILES string of the molecule is CC(C)(C)c1coc(CC(=O)[C@@H]2CCN2)n1. The molecule has 0 aromatic carbocycles. The third-order valence-corrected chi connectivity index (χ3v) is 2.86. The molecule has 0 aliphatic carbocycles. The summed E-state index contributed by atoms with van der Waals surface area (Å²) in [5, 5.41) is 3.08. The summed E-state index contributed by atoms with van der Waals surface area (Å²) in [7, 11) is 0. The first-order valence-corrected chi connectivity index (χ1v) is 5.68. The molecule has 1 saturated heterocycles. The van der Waals surface area contributed by atoms with Crippen molar-refractivity contribution in [2.45, 2.75) is 45.1 Å². The van der Waals surface area contributed by atoms with Gasteiger partial charge in [-0.15, -0.1) is 0 Å². The van der Waals surface area contributed by atoms with Gasteiger partial charge in [-0.2, -0.15) is 0 Å². The number of nitrogens with one attached hydrogen (secondary N) is 1. The van der Waals surface area contributed by atoms with E-state index in [1.165, 1.54) is 0 Å². The Hall–Kier alpha value is -1.16. The molecule has 88 valence electrons. The van der Waals surface area contributed by atoms with Crippen LogP contribution in [0, 0.1) is 0 Å². The molecule has 1 aromatic rings. The third kappa shape index (κ3) is 2.32. The summed E-state index contributed by atoms with van der Waals surface area (Å²) in [5.74, 6) is 0.706. The van der Waals surface area contributed by atoms with E-state index in [1.807, 2.05) is 0 Å². The van der Waals surface area contributed by atoms with Gasteiger partial charge in [0.25, 0.3) is 0 Å². The lowest BCUT2D eigenvalue weighted by Crippen LogP contribution is -2.49. The van der Waals surface area contributed by atoms with Crippen molar-refractivity contribution in [2.75, 3.05) is 6.54 Å². The first-order valence-electron chi connectivity index (χ1n) is 5.68. The van der Waals surface area contributed by atoms with E-state index in [9.17, 15) is 4.79 Å². The molecule has 2 rings (SSSR count). The van der Waals surface area contributed by atoms with Gasteiger partial charge in [-0.25, -0.2) is 4.98 Å². The van der Waals surface area contributed by atoms with Gasteiger partial charge in [0.1, 0.15) is 6.26 Å². The van der Waals surface area contributed by atoms with Crippen molar-refractivity contribution in [1.82, 2.24) is 10.3 Å². The van der Waals surface area contributed by atoms with Gasteiger partial charge < -0.3 is 9.73 Å². The second-order valence-corrected chi connectivity index (χ2v) is 5.31. The molecule has 1 N–H and O–H groups in total. The molecule has 0 unspecified atom stereocenters. The van der Waals surface area contributed by atoms with Gasteiger partial charge in [-0.3, -0.25) is 4.79 Å². The van der Waals surface area contributed by atoms with Crippen LogP contribution in [0.15, 0.2) is 10.7 Å². The highest BCUT2D eigenvalue weighted by Crippen LogP contribution is 2.21. The molecule has 0 spiro atoms. The van der Waals surface area contributed by atoms with Crippen LogP contribution in [0.2, 0.25) is 0 Å². The Morgan fingerprint density at radius 3 is 2.75 bits per heavy atom. The van der Waals surface area contributed by atoms with Crippen molar-refractivity contribution in [3.8, 4) is 0 Å². The fourth-order valence-electron chi connectivity index (χ4n) is 1.57. The fraction of sp³-hybridized carbons (Fsp3) is 0.667. The minimum atomic E-state index is -0.0283. The van der Waals surface area contributed by atoms with Gasteiger partial charge in [0.05, 0.1) is 18.2 Å². The Bertz CT molecular complexity index is 386. The highest BCUT2D eigenvalue weighted by molar-refractivity contribution is 5.86. The maximum atomic E-state index is 11.7. The van der Waals surface area contributed by atoms with E-state index in [0.29, 0.717) is 12.3 Å². The smallest absolute Gasteiger partial charge is 0.201 e. The quantitative estimate of drug-likeness (QED) is 0.841. The van der Waals surface area contributed by atoms with Gasteiger partial charge in [0.15, 0.2) is 5.78 Å². The van der Waals surface area contributed by atoms with Crippen molar-refractivity contribution in [1.29, 1.82) is 0 Å². The number of rotatable bonds is 3. The summed E-state index contributed by atoms with van der Waals surface area (Å²) in [6, 6.07) is 0.0185. The Kier molecular flexibility index (Phi) is 2.84. The summed E-state index contributed by atoms with van der Waals surface area (Å²) in [6.45, 7) is 7.16. The topological polar surface area (TPSA) is 55.1 Å². The lowest BCUT2D eigenvalue weighted by Gasteiger charge is -2.25. The zero-order valence-corrected chi connectivity index (χ0v) is 10.0. The van der Waals surface area contributed by atoms with Crippen LogP contribution in [-0.2, 0) is 16.6 Å². The molecule has 0 saturated carbocycles. The van der Waals surface area contributed by atoms with Crippen molar-refractivity contribution < 1.29 is 9.21 Å². The van der Waals surface area contributed by atoms with Gasteiger partial charge >= 0.3 is 0 Å². The highest BCUT2D eigenvalue weighted by atomic mass is 16.3. The van der Waals surface area contributed by atoms with Crippen LogP contribution in [0.3, 0.4) is 0 Å². The maximum Gasteiger partial charge on any atom is 0.201 e. The standard InChI is InChI=1S/C12H18N2O2/c1-12(2,3)10-7-16-11(14-10)6-9(15)8-4-5-13-8/h7-8,13H,4-6H2,1-3H3/t8-/m0/s1. The van der Waals surface area contributed by atoms with E-state index in [1.54, 1.807) is 6.26 Å². The van der Waals surface area contributed by atoms with Crippen molar-refractivity contribution >= 4 is 5.78 Å². The molecule has 4 heteroatoms. The molecule has 1 aliphatic rings. The first kappa shape index (κ1) is 11.3. The molecule has 1 aliphatic heterocycles. The number of hydrogen-bond donors (Lipinski definition) is 1.